The molecule has 0 bridgehead atoms. The largest absolute Gasteiger partial charge is 0.359 e. The quantitative estimate of drug-likeness (QED) is 0.820. The molecule has 1 aromatic carbocycles. The van der Waals surface area contributed by atoms with Crippen LogP contribution in [0.4, 0.5) is 0 Å². The Hall–Kier alpha value is -0.580. The summed E-state index contributed by atoms with van der Waals surface area (Å²) < 4.78 is 0.964. The van der Waals surface area contributed by atoms with Crippen LogP contribution in [0.25, 0.3) is 0 Å². The van der Waals surface area contributed by atoms with Crippen LogP contribution in [0.15, 0.2) is 22.7 Å². The van der Waals surface area contributed by atoms with Gasteiger partial charge >= 0.3 is 0 Å². The van der Waals surface area contributed by atoms with Gasteiger partial charge in [0, 0.05) is 36.1 Å². The molecular formula is C11H14BrClN2O. The van der Waals surface area contributed by atoms with E-state index in [-0.39, 0.29) is 5.91 Å². The van der Waals surface area contributed by atoms with Crippen LogP contribution in [0, 0.1) is 0 Å². The van der Waals surface area contributed by atoms with Crippen LogP contribution in [0.3, 0.4) is 0 Å². The first kappa shape index (κ1) is 13.5. The van der Waals surface area contributed by atoms with Gasteiger partial charge in [0.05, 0.1) is 0 Å². The summed E-state index contributed by atoms with van der Waals surface area (Å²) in [4.78, 5) is 11.0. The maximum atomic E-state index is 11.0. The molecule has 16 heavy (non-hydrogen) atoms. The zero-order valence-electron chi connectivity index (χ0n) is 9.02. The number of hydrogen-bond donors (Lipinski definition) is 2. The third-order valence-electron chi connectivity index (χ3n) is 2.14. The standard InChI is InChI=1S/C11H14BrClN2O/c1-14-11(16)4-5-15-7-8-2-3-9(12)6-10(8)13/h2-3,6,15H,4-5,7H2,1H3,(H,14,16). The average molecular weight is 306 g/mol. The van der Waals surface area contributed by atoms with Gasteiger partial charge in [0.15, 0.2) is 0 Å². The molecule has 0 aliphatic carbocycles. The van der Waals surface area contributed by atoms with Gasteiger partial charge in [-0.1, -0.05) is 33.6 Å². The van der Waals surface area contributed by atoms with Crippen molar-refractivity contribution in [2.45, 2.75) is 13.0 Å². The first-order valence-electron chi connectivity index (χ1n) is 4.98. The van der Waals surface area contributed by atoms with Crippen molar-refractivity contribution in [1.29, 1.82) is 0 Å². The van der Waals surface area contributed by atoms with Crippen LogP contribution in [0.1, 0.15) is 12.0 Å². The molecule has 2 N–H and O–H groups in total. The van der Waals surface area contributed by atoms with E-state index in [4.69, 9.17) is 11.6 Å². The Morgan fingerprint density at radius 1 is 1.50 bits per heavy atom. The molecule has 0 unspecified atom stereocenters. The van der Waals surface area contributed by atoms with Crippen molar-refractivity contribution in [2.24, 2.45) is 0 Å². The third-order valence-corrected chi connectivity index (χ3v) is 2.98. The Morgan fingerprint density at radius 2 is 2.25 bits per heavy atom. The summed E-state index contributed by atoms with van der Waals surface area (Å²) in [6, 6.07) is 5.76. The highest BCUT2D eigenvalue weighted by Gasteiger charge is 2.01. The highest BCUT2D eigenvalue weighted by atomic mass is 79.9. The minimum Gasteiger partial charge on any atom is -0.359 e. The molecule has 1 rings (SSSR count). The highest BCUT2D eigenvalue weighted by Crippen LogP contribution is 2.20. The molecular weight excluding hydrogens is 291 g/mol. The van der Waals surface area contributed by atoms with Crippen LogP contribution < -0.4 is 10.6 Å². The van der Waals surface area contributed by atoms with Gasteiger partial charge in [-0.05, 0) is 17.7 Å². The van der Waals surface area contributed by atoms with E-state index in [9.17, 15) is 4.79 Å². The van der Waals surface area contributed by atoms with Crippen LogP contribution in [-0.2, 0) is 11.3 Å². The zero-order chi connectivity index (χ0) is 12.0. The number of hydrogen-bond acceptors (Lipinski definition) is 2. The normalized spacial score (nSPS) is 10.2. The van der Waals surface area contributed by atoms with Gasteiger partial charge < -0.3 is 10.6 Å². The van der Waals surface area contributed by atoms with E-state index in [1.165, 1.54) is 0 Å². The second kappa shape index (κ2) is 6.89. The molecule has 0 spiro atoms. The summed E-state index contributed by atoms with van der Waals surface area (Å²) in [6.07, 6.45) is 0.477. The van der Waals surface area contributed by atoms with Gasteiger partial charge in [-0.2, -0.15) is 0 Å². The Bertz CT molecular complexity index is 371. The van der Waals surface area contributed by atoms with Gasteiger partial charge in [-0.15, -0.1) is 0 Å². The summed E-state index contributed by atoms with van der Waals surface area (Å²) in [7, 11) is 1.63. The van der Waals surface area contributed by atoms with Crippen molar-refractivity contribution in [3.05, 3.63) is 33.3 Å². The summed E-state index contributed by atoms with van der Waals surface area (Å²) in [5, 5.41) is 6.46. The van der Waals surface area contributed by atoms with Crippen LogP contribution >= 0.6 is 27.5 Å². The molecule has 0 aliphatic heterocycles. The van der Waals surface area contributed by atoms with E-state index in [1.54, 1.807) is 7.05 Å². The van der Waals surface area contributed by atoms with Crippen molar-refractivity contribution in [3.63, 3.8) is 0 Å². The molecule has 3 nitrogen and oxygen atoms in total. The van der Waals surface area contributed by atoms with Gasteiger partial charge in [0.2, 0.25) is 5.91 Å². The molecule has 0 aliphatic rings. The molecule has 0 aromatic heterocycles. The second-order valence-corrected chi connectivity index (χ2v) is 4.66. The van der Waals surface area contributed by atoms with Crippen LogP contribution in [-0.4, -0.2) is 19.5 Å². The highest BCUT2D eigenvalue weighted by molar-refractivity contribution is 9.10. The molecule has 5 heteroatoms. The second-order valence-electron chi connectivity index (χ2n) is 3.34. The lowest BCUT2D eigenvalue weighted by Crippen LogP contribution is -2.24. The minimum atomic E-state index is 0.0365. The first-order chi connectivity index (χ1) is 7.63. The lowest BCUT2D eigenvalue weighted by molar-refractivity contribution is -0.120. The predicted molar refractivity (Wildman–Crippen MR) is 69.5 cm³/mol. The summed E-state index contributed by atoms with van der Waals surface area (Å²) in [6.45, 7) is 1.31. The van der Waals surface area contributed by atoms with Gasteiger partial charge in [-0.3, -0.25) is 4.79 Å². The number of carbonyl (C=O) groups is 1. The smallest absolute Gasteiger partial charge is 0.221 e. The lowest BCUT2D eigenvalue weighted by atomic mass is 10.2. The van der Waals surface area contributed by atoms with Crippen molar-refractivity contribution in [2.75, 3.05) is 13.6 Å². The van der Waals surface area contributed by atoms with E-state index in [1.807, 2.05) is 18.2 Å². The molecule has 0 saturated heterocycles. The number of rotatable bonds is 5. The number of carbonyl (C=O) groups excluding carboxylic acids is 1. The molecule has 0 radical (unpaired) electrons. The lowest BCUT2D eigenvalue weighted by Gasteiger charge is -2.06. The molecule has 1 aromatic rings. The Morgan fingerprint density at radius 3 is 2.88 bits per heavy atom. The summed E-state index contributed by atoms with van der Waals surface area (Å²) >= 11 is 9.40. The maximum Gasteiger partial charge on any atom is 0.221 e. The van der Waals surface area contributed by atoms with Gasteiger partial charge in [-0.25, -0.2) is 0 Å². The molecule has 0 heterocycles. The third kappa shape index (κ3) is 4.51. The molecule has 1 amide bonds. The van der Waals surface area contributed by atoms with E-state index in [2.05, 4.69) is 26.6 Å². The molecule has 0 fully saturated rings. The van der Waals surface area contributed by atoms with Crippen molar-refractivity contribution in [1.82, 2.24) is 10.6 Å². The van der Waals surface area contributed by atoms with Crippen molar-refractivity contribution >= 4 is 33.4 Å². The summed E-state index contributed by atoms with van der Waals surface area (Å²) in [5.74, 6) is 0.0365. The Labute approximate surface area is 109 Å². The monoisotopic (exact) mass is 304 g/mol. The fourth-order valence-electron chi connectivity index (χ4n) is 1.22. The molecule has 0 saturated carbocycles. The Balaban J connectivity index is 2.35. The number of nitrogens with one attached hydrogen (secondary N) is 2. The molecule has 0 atom stereocenters. The zero-order valence-corrected chi connectivity index (χ0v) is 11.4. The number of amides is 1. The van der Waals surface area contributed by atoms with Gasteiger partial charge in [0.25, 0.3) is 0 Å². The summed E-state index contributed by atoms with van der Waals surface area (Å²) in [5.41, 5.74) is 1.03. The average Bonchev–Trinajstić information content (AvgIpc) is 2.26. The van der Waals surface area contributed by atoms with E-state index >= 15 is 0 Å². The number of benzene rings is 1. The first-order valence-corrected chi connectivity index (χ1v) is 6.16. The molecule has 88 valence electrons. The SMILES string of the molecule is CNC(=O)CCNCc1ccc(Br)cc1Cl. The predicted octanol–water partition coefficient (Wildman–Crippen LogP) is 2.33. The number of halogens is 2. The van der Waals surface area contributed by atoms with E-state index in [0.717, 1.165) is 15.1 Å². The maximum absolute atomic E-state index is 11.0. The van der Waals surface area contributed by atoms with E-state index in [0.29, 0.717) is 19.5 Å². The topological polar surface area (TPSA) is 41.1 Å². The van der Waals surface area contributed by atoms with Crippen LogP contribution in [0.2, 0.25) is 5.02 Å². The van der Waals surface area contributed by atoms with Crippen molar-refractivity contribution < 1.29 is 4.79 Å². The fraction of sp³-hybridized carbons (Fsp3) is 0.364. The van der Waals surface area contributed by atoms with Gasteiger partial charge in [0.1, 0.15) is 0 Å². The van der Waals surface area contributed by atoms with Crippen molar-refractivity contribution in [3.8, 4) is 0 Å². The minimum absolute atomic E-state index is 0.0365. The Kier molecular flexibility index (Phi) is 5.80. The van der Waals surface area contributed by atoms with Crippen LogP contribution in [0.5, 0.6) is 0 Å². The fourth-order valence-corrected chi connectivity index (χ4v) is 1.96. The van der Waals surface area contributed by atoms with E-state index < -0.39 is 0 Å².